The molecule has 0 radical (unpaired) electrons. The van der Waals surface area contributed by atoms with Crippen molar-refractivity contribution in [3.05, 3.63) is 96.1 Å². The number of carbonyl (C=O) groups is 2. The number of amides is 2. The largest absolute Gasteiger partial charge is 0.365 e. The van der Waals surface area contributed by atoms with Crippen molar-refractivity contribution >= 4 is 23.2 Å². The van der Waals surface area contributed by atoms with Crippen LogP contribution in [0.25, 0.3) is 0 Å². The third-order valence-electron chi connectivity index (χ3n) is 4.32. The van der Waals surface area contributed by atoms with Crippen LogP contribution in [0, 0.1) is 0 Å². The summed E-state index contributed by atoms with van der Waals surface area (Å²) in [6, 6.07) is 26.4. The molecular weight excluding hydrogens is 350 g/mol. The molecule has 3 aromatic rings. The van der Waals surface area contributed by atoms with Crippen molar-refractivity contribution in [3.8, 4) is 0 Å². The summed E-state index contributed by atoms with van der Waals surface area (Å²) in [7, 11) is 1.85. The topological polar surface area (TPSA) is 61.4 Å². The van der Waals surface area contributed by atoms with E-state index in [0.717, 1.165) is 11.3 Å². The number of likely N-dealkylation sites (N-methyl/N-ethyl adjacent to an activating group) is 1. The number of nitrogens with one attached hydrogen (secondary N) is 2. The maximum absolute atomic E-state index is 12.6. The molecule has 0 saturated heterocycles. The average Bonchev–Trinajstić information content (AvgIpc) is 2.73. The van der Waals surface area contributed by atoms with Gasteiger partial charge in [-0.1, -0.05) is 60.7 Å². The molecule has 0 aliphatic heterocycles. The highest BCUT2D eigenvalue weighted by Crippen LogP contribution is 2.16. The van der Waals surface area contributed by atoms with E-state index in [1.54, 1.807) is 24.3 Å². The average molecular weight is 373 g/mol. The van der Waals surface area contributed by atoms with Crippen LogP contribution in [0.5, 0.6) is 0 Å². The number of rotatable bonds is 7. The van der Waals surface area contributed by atoms with Gasteiger partial charge in [-0.05, 0) is 29.8 Å². The van der Waals surface area contributed by atoms with E-state index in [1.807, 2.05) is 72.6 Å². The normalized spacial score (nSPS) is 10.2. The summed E-state index contributed by atoms with van der Waals surface area (Å²) in [5, 5.41) is 5.74. The summed E-state index contributed by atoms with van der Waals surface area (Å²) in [5.41, 5.74) is 2.90. The van der Waals surface area contributed by atoms with Gasteiger partial charge in [0.15, 0.2) is 0 Å². The van der Waals surface area contributed by atoms with Gasteiger partial charge in [0.2, 0.25) is 5.91 Å². The van der Waals surface area contributed by atoms with Crippen molar-refractivity contribution in [3.63, 3.8) is 0 Å². The SMILES string of the molecule is CN(CC(=O)Nc1ccccc1C(=O)NCc1ccccc1)c1ccccc1. The van der Waals surface area contributed by atoms with Crippen LogP contribution in [0.4, 0.5) is 11.4 Å². The Morgan fingerprint density at radius 1 is 0.821 bits per heavy atom. The van der Waals surface area contributed by atoms with Gasteiger partial charge >= 0.3 is 0 Å². The molecule has 0 saturated carbocycles. The van der Waals surface area contributed by atoms with Crippen LogP contribution in [0.15, 0.2) is 84.9 Å². The maximum Gasteiger partial charge on any atom is 0.253 e. The predicted molar refractivity (Wildman–Crippen MR) is 112 cm³/mol. The van der Waals surface area contributed by atoms with Gasteiger partial charge in [-0.3, -0.25) is 9.59 Å². The number of benzene rings is 3. The second-order valence-corrected chi connectivity index (χ2v) is 6.45. The second-order valence-electron chi connectivity index (χ2n) is 6.45. The predicted octanol–water partition coefficient (Wildman–Crippen LogP) is 3.69. The van der Waals surface area contributed by atoms with Gasteiger partial charge < -0.3 is 15.5 Å². The monoisotopic (exact) mass is 373 g/mol. The van der Waals surface area contributed by atoms with E-state index >= 15 is 0 Å². The van der Waals surface area contributed by atoms with Crippen LogP contribution in [0.3, 0.4) is 0 Å². The molecule has 0 aromatic heterocycles. The first-order valence-corrected chi connectivity index (χ1v) is 9.10. The molecule has 0 aliphatic rings. The molecule has 2 N–H and O–H groups in total. The molecule has 5 nitrogen and oxygen atoms in total. The molecule has 0 atom stereocenters. The van der Waals surface area contributed by atoms with E-state index in [-0.39, 0.29) is 18.4 Å². The fourth-order valence-electron chi connectivity index (χ4n) is 2.84. The van der Waals surface area contributed by atoms with E-state index < -0.39 is 0 Å². The van der Waals surface area contributed by atoms with Gasteiger partial charge in [0, 0.05) is 19.3 Å². The van der Waals surface area contributed by atoms with Gasteiger partial charge in [-0.2, -0.15) is 0 Å². The molecule has 0 aliphatic carbocycles. The summed E-state index contributed by atoms with van der Waals surface area (Å²) in [6.45, 7) is 0.614. The molecule has 2 amide bonds. The number of hydrogen-bond donors (Lipinski definition) is 2. The molecule has 3 rings (SSSR count). The lowest BCUT2D eigenvalue weighted by Gasteiger charge is -2.19. The zero-order chi connectivity index (χ0) is 19.8. The van der Waals surface area contributed by atoms with Crippen LogP contribution in [0.2, 0.25) is 0 Å². The number of para-hydroxylation sites is 2. The molecule has 142 valence electrons. The lowest BCUT2D eigenvalue weighted by molar-refractivity contribution is -0.114. The number of nitrogens with zero attached hydrogens (tertiary/aromatic N) is 1. The molecular formula is C23H23N3O2. The van der Waals surface area contributed by atoms with E-state index in [2.05, 4.69) is 10.6 Å². The molecule has 28 heavy (non-hydrogen) atoms. The van der Waals surface area contributed by atoms with Gasteiger partial charge in [-0.15, -0.1) is 0 Å². The molecule has 5 heteroatoms. The third-order valence-corrected chi connectivity index (χ3v) is 4.32. The van der Waals surface area contributed by atoms with Gasteiger partial charge in [-0.25, -0.2) is 0 Å². The highest BCUT2D eigenvalue weighted by molar-refractivity contribution is 6.04. The maximum atomic E-state index is 12.6. The van der Waals surface area contributed by atoms with Gasteiger partial charge in [0.1, 0.15) is 0 Å². The van der Waals surface area contributed by atoms with Crippen molar-refractivity contribution in [2.45, 2.75) is 6.54 Å². The molecule has 0 unspecified atom stereocenters. The molecule has 0 heterocycles. The highest BCUT2D eigenvalue weighted by Gasteiger charge is 2.14. The van der Waals surface area contributed by atoms with E-state index in [9.17, 15) is 9.59 Å². The van der Waals surface area contributed by atoms with Crippen LogP contribution < -0.4 is 15.5 Å². The van der Waals surface area contributed by atoms with Gasteiger partial charge in [0.05, 0.1) is 17.8 Å². The van der Waals surface area contributed by atoms with Gasteiger partial charge in [0.25, 0.3) is 5.91 Å². The summed E-state index contributed by atoms with van der Waals surface area (Å²) < 4.78 is 0. The molecule has 0 spiro atoms. The standard InChI is InChI=1S/C23H23N3O2/c1-26(19-12-6-3-7-13-19)17-22(27)25-21-15-9-8-14-20(21)23(28)24-16-18-10-4-2-5-11-18/h2-15H,16-17H2,1H3,(H,24,28)(H,25,27). The van der Waals surface area contributed by atoms with E-state index in [4.69, 9.17) is 0 Å². The number of anilines is 2. The van der Waals surface area contributed by atoms with Crippen molar-refractivity contribution in [1.82, 2.24) is 5.32 Å². The highest BCUT2D eigenvalue weighted by atomic mass is 16.2. The van der Waals surface area contributed by atoms with Crippen LogP contribution in [-0.2, 0) is 11.3 Å². The lowest BCUT2D eigenvalue weighted by atomic mass is 10.1. The van der Waals surface area contributed by atoms with Crippen molar-refractivity contribution in [2.75, 3.05) is 23.8 Å². The van der Waals surface area contributed by atoms with Crippen molar-refractivity contribution in [1.29, 1.82) is 0 Å². The van der Waals surface area contributed by atoms with E-state index in [0.29, 0.717) is 17.8 Å². The Bertz CT molecular complexity index is 927. The van der Waals surface area contributed by atoms with Crippen molar-refractivity contribution in [2.24, 2.45) is 0 Å². The summed E-state index contributed by atoms with van der Waals surface area (Å²) in [4.78, 5) is 26.9. The van der Waals surface area contributed by atoms with Crippen molar-refractivity contribution < 1.29 is 9.59 Å². The Morgan fingerprint density at radius 3 is 2.14 bits per heavy atom. The van der Waals surface area contributed by atoms with Crippen LogP contribution >= 0.6 is 0 Å². The van der Waals surface area contributed by atoms with Crippen LogP contribution in [-0.4, -0.2) is 25.4 Å². The van der Waals surface area contributed by atoms with E-state index in [1.165, 1.54) is 0 Å². The summed E-state index contributed by atoms with van der Waals surface area (Å²) in [6.07, 6.45) is 0. The number of hydrogen-bond acceptors (Lipinski definition) is 3. The molecule has 0 fully saturated rings. The minimum atomic E-state index is -0.226. The molecule has 3 aromatic carbocycles. The quantitative estimate of drug-likeness (QED) is 0.664. The second kappa shape index (κ2) is 9.37. The Kier molecular flexibility index (Phi) is 6.41. The first kappa shape index (κ1) is 19.2. The summed E-state index contributed by atoms with van der Waals surface area (Å²) >= 11 is 0. The number of carbonyl (C=O) groups excluding carboxylic acids is 2. The fraction of sp³-hybridized carbons (Fsp3) is 0.130. The molecule has 0 bridgehead atoms. The Labute approximate surface area is 165 Å². The first-order valence-electron chi connectivity index (χ1n) is 9.10. The fourth-order valence-corrected chi connectivity index (χ4v) is 2.84. The summed E-state index contributed by atoms with van der Waals surface area (Å²) in [5.74, 6) is -0.411. The minimum Gasteiger partial charge on any atom is -0.365 e. The first-order chi connectivity index (χ1) is 13.6. The zero-order valence-corrected chi connectivity index (χ0v) is 15.8. The Balaban J connectivity index is 1.63. The lowest BCUT2D eigenvalue weighted by Crippen LogP contribution is -2.31. The smallest absolute Gasteiger partial charge is 0.253 e. The third kappa shape index (κ3) is 5.20. The Hall–Kier alpha value is -3.60. The zero-order valence-electron chi connectivity index (χ0n) is 15.8. The Morgan fingerprint density at radius 2 is 1.43 bits per heavy atom. The minimum absolute atomic E-state index is 0.185. The van der Waals surface area contributed by atoms with Crippen LogP contribution in [0.1, 0.15) is 15.9 Å².